The number of aldehydes is 2. The second kappa shape index (κ2) is 9.43. The molecule has 0 amide bonds. The van der Waals surface area contributed by atoms with Crippen molar-refractivity contribution in [2.45, 2.75) is 0 Å². The van der Waals surface area contributed by atoms with Crippen molar-refractivity contribution in [3.05, 3.63) is 12.2 Å². The van der Waals surface area contributed by atoms with Gasteiger partial charge in [-0.15, -0.1) is 0 Å². The molecule has 0 spiro atoms. The second-order valence-electron chi connectivity index (χ2n) is 0.657. The molecule has 0 aromatic carbocycles. The summed E-state index contributed by atoms with van der Waals surface area (Å²) in [5.74, 6) is 0. The minimum atomic E-state index is 0. The second-order valence-corrected chi connectivity index (χ2v) is 0.657. The van der Waals surface area contributed by atoms with Crippen molar-refractivity contribution in [1.82, 2.24) is 0 Å². The third-order valence-corrected chi connectivity index (χ3v) is 0.268. The van der Waals surface area contributed by atoms with Crippen molar-refractivity contribution in [2.24, 2.45) is 0 Å². The number of carbonyl (C=O) groups is 2. The molecular weight excluding hydrogens is 103 g/mol. The summed E-state index contributed by atoms with van der Waals surface area (Å²) in [6.45, 7) is 0. The maximum absolute atomic E-state index is 9.32. The maximum atomic E-state index is 9.32. The molecule has 2 nitrogen and oxygen atoms in total. The van der Waals surface area contributed by atoms with Crippen LogP contribution in [0.25, 0.3) is 0 Å². The fraction of sp³-hybridized carbons (Fsp3) is 0. The average molecular weight is 108 g/mol. The molecular formula is C4H5NaO2. The van der Waals surface area contributed by atoms with Gasteiger partial charge in [-0.25, -0.2) is 0 Å². The summed E-state index contributed by atoms with van der Waals surface area (Å²) in [4.78, 5) is 18.6. The summed E-state index contributed by atoms with van der Waals surface area (Å²) in [5.41, 5.74) is 0. The quantitative estimate of drug-likeness (QED) is 0.266. The Morgan fingerprint density at radius 3 is 1.29 bits per heavy atom. The molecule has 0 aromatic heterocycles. The van der Waals surface area contributed by atoms with E-state index in [0.717, 1.165) is 12.2 Å². The Hall–Kier alpha value is 0.0800. The Morgan fingerprint density at radius 2 is 1.14 bits per heavy atom. The van der Waals surface area contributed by atoms with E-state index in [1.165, 1.54) is 0 Å². The summed E-state index contributed by atoms with van der Waals surface area (Å²) >= 11 is 0. The summed E-state index contributed by atoms with van der Waals surface area (Å²) in [5, 5.41) is 0. The van der Waals surface area contributed by atoms with Gasteiger partial charge in [-0.05, 0) is 12.2 Å². The monoisotopic (exact) mass is 108 g/mol. The Bertz CT molecular complexity index is 67.8. The van der Waals surface area contributed by atoms with Gasteiger partial charge in [-0.1, -0.05) is 0 Å². The van der Waals surface area contributed by atoms with E-state index in [1.807, 2.05) is 0 Å². The molecule has 3 heteroatoms. The van der Waals surface area contributed by atoms with Crippen LogP contribution < -0.4 is 0 Å². The van der Waals surface area contributed by atoms with Crippen LogP contribution in [0.5, 0.6) is 0 Å². The van der Waals surface area contributed by atoms with Gasteiger partial charge in [0.25, 0.3) is 0 Å². The molecule has 0 unspecified atom stereocenters. The van der Waals surface area contributed by atoms with Crippen LogP contribution in [0.1, 0.15) is 0 Å². The standard InChI is InChI=1S/C4H4O2.Na.H/c5-3-1-2-4-6;;/h1-4H;;/b2-1-;;. The molecule has 0 aliphatic rings. The first-order valence-corrected chi connectivity index (χ1v) is 1.47. The normalized spacial score (nSPS) is 7.43. The fourth-order valence-electron chi connectivity index (χ4n) is 0.0907. The van der Waals surface area contributed by atoms with Crippen molar-refractivity contribution >= 4 is 42.1 Å². The van der Waals surface area contributed by atoms with Crippen molar-refractivity contribution in [3.63, 3.8) is 0 Å². The van der Waals surface area contributed by atoms with Crippen molar-refractivity contribution in [3.8, 4) is 0 Å². The van der Waals surface area contributed by atoms with Crippen LogP contribution in [0, 0.1) is 0 Å². The Balaban J connectivity index is 0. The zero-order chi connectivity index (χ0) is 4.83. The van der Waals surface area contributed by atoms with Crippen molar-refractivity contribution < 1.29 is 9.59 Å². The minimum absolute atomic E-state index is 0. The van der Waals surface area contributed by atoms with Gasteiger partial charge in [0.2, 0.25) is 0 Å². The predicted octanol–water partition coefficient (Wildman–Crippen LogP) is -0.708. The van der Waals surface area contributed by atoms with Gasteiger partial charge in [0.1, 0.15) is 12.6 Å². The molecule has 7 heavy (non-hydrogen) atoms. The van der Waals surface area contributed by atoms with E-state index in [-0.39, 0.29) is 29.6 Å². The van der Waals surface area contributed by atoms with Crippen LogP contribution in [0.15, 0.2) is 12.2 Å². The third kappa shape index (κ3) is 10.7. The molecule has 0 saturated heterocycles. The van der Waals surface area contributed by atoms with Crippen molar-refractivity contribution in [2.75, 3.05) is 0 Å². The van der Waals surface area contributed by atoms with Gasteiger partial charge in [0, 0.05) is 0 Å². The van der Waals surface area contributed by atoms with Gasteiger partial charge >= 0.3 is 29.6 Å². The zero-order valence-electron chi connectivity index (χ0n) is 3.13. The van der Waals surface area contributed by atoms with Crippen LogP contribution in [-0.4, -0.2) is 42.1 Å². The number of hydrogen-bond acceptors (Lipinski definition) is 2. The molecule has 0 N–H and O–H groups in total. The molecule has 0 atom stereocenters. The number of rotatable bonds is 2. The molecule has 0 heterocycles. The molecule has 0 radical (unpaired) electrons. The van der Waals surface area contributed by atoms with Gasteiger partial charge < -0.3 is 0 Å². The Labute approximate surface area is 63.9 Å². The fourth-order valence-corrected chi connectivity index (χ4v) is 0.0907. The van der Waals surface area contributed by atoms with E-state index < -0.39 is 0 Å². The van der Waals surface area contributed by atoms with Crippen molar-refractivity contribution in [1.29, 1.82) is 0 Å². The zero-order valence-corrected chi connectivity index (χ0v) is 3.13. The number of allylic oxidation sites excluding steroid dienone is 2. The topological polar surface area (TPSA) is 34.1 Å². The van der Waals surface area contributed by atoms with Crippen LogP contribution >= 0.6 is 0 Å². The molecule has 0 bridgehead atoms. The first kappa shape index (κ1) is 10.1. The van der Waals surface area contributed by atoms with Gasteiger partial charge in [-0.2, -0.15) is 0 Å². The van der Waals surface area contributed by atoms with Gasteiger partial charge in [0.05, 0.1) is 0 Å². The molecule has 0 aliphatic heterocycles. The molecule has 0 aromatic rings. The summed E-state index contributed by atoms with van der Waals surface area (Å²) in [6.07, 6.45) is 3.36. The van der Waals surface area contributed by atoms with E-state index in [1.54, 1.807) is 0 Å². The first-order valence-electron chi connectivity index (χ1n) is 1.47. The van der Waals surface area contributed by atoms with E-state index in [4.69, 9.17) is 0 Å². The van der Waals surface area contributed by atoms with E-state index in [9.17, 15) is 9.59 Å². The molecule has 34 valence electrons. The van der Waals surface area contributed by atoms with Gasteiger partial charge in [-0.3, -0.25) is 9.59 Å². The first-order chi connectivity index (χ1) is 2.91. The summed E-state index contributed by atoms with van der Waals surface area (Å²) < 4.78 is 0. The average Bonchev–Trinajstić information content (AvgIpc) is 1.61. The van der Waals surface area contributed by atoms with E-state index in [2.05, 4.69) is 0 Å². The summed E-state index contributed by atoms with van der Waals surface area (Å²) in [6, 6.07) is 0. The molecule has 0 saturated carbocycles. The van der Waals surface area contributed by atoms with E-state index >= 15 is 0 Å². The molecule has 0 rings (SSSR count). The van der Waals surface area contributed by atoms with E-state index in [0.29, 0.717) is 12.6 Å². The van der Waals surface area contributed by atoms with Crippen LogP contribution in [0.4, 0.5) is 0 Å². The predicted molar refractivity (Wildman–Crippen MR) is 28.4 cm³/mol. The number of hydrogen-bond donors (Lipinski definition) is 0. The van der Waals surface area contributed by atoms with Crippen LogP contribution in [0.3, 0.4) is 0 Å². The Morgan fingerprint density at radius 1 is 0.857 bits per heavy atom. The Kier molecular flexibility index (Phi) is 13.7. The van der Waals surface area contributed by atoms with Crippen LogP contribution in [-0.2, 0) is 9.59 Å². The SMILES string of the molecule is O=C/C=C\C=O.[NaH]. The van der Waals surface area contributed by atoms with Crippen LogP contribution in [0.2, 0.25) is 0 Å². The number of carbonyl (C=O) groups excluding carboxylic acids is 2. The molecule has 0 aliphatic carbocycles. The molecule has 0 fully saturated rings. The third-order valence-electron chi connectivity index (χ3n) is 0.268. The van der Waals surface area contributed by atoms with Gasteiger partial charge in [0.15, 0.2) is 0 Å². The summed E-state index contributed by atoms with van der Waals surface area (Å²) in [7, 11) is 0.